The number of aldehydes is 1. The maximum atomic E-state index is 12.1. The van der Waals surface area contributed by atoms with Gasteiger partial charge in [-0.25, -0.2) is 13.4 Å². The van der Waals surface area contributed by atoms with Gasteiger partial charge in [0.2, 0.25) is 0 Å². The quantitative estimate of drug-likeness (QED) is 0.135. The number of fused-ring (bicyclic) bond motifs is 1. The fraction of sp³-hybridized carbons (Fsp3) is 0.296. The van der Waals surface area contributed by atoms with Crippen molar-refractivity contribution >= 4 is 35.2 Å². The molecule has 0 aliphatic carbocycles. The average molecular weight is 538 g/mol. The Bertz CT molecular complexity index is 1500. The highest BCUT2D eigenvalue weighted by atomic mass is 32.2. The third-order valence-corrected chi connectivity index (χ3v) is 9.36. The molecule has 0 radical (unpaired) electrons. The van der Waals surface area contributed by atoms with E-state index in [-0.39, 0.29) is 17.4 Å². The first-order valence-corrected chi connectivity index (χ1v) is 17.5. The molecular formula is C27H31N3O5SSi. The number of imidazole rings is 1. The minimum Gasteiger partial charge on any atom is -0.457 e. The molecule has 0 unspecified atom stereocenters. The molecule has 0 spiro atoms. The Hall–Kier alpha value is -3.34. The molecule has 0 bridgehead atoms. The molecule has 0 amide bonds. The predicted octanol–water partition coefficient (Wildman–Crippen LogP) is 5.81. The Kier molecular flexibility index (Phi) is 7.91. The first kappa shape index (κ1) is 26.7. The molecule has 0 atom stereocenters. The molecule has 2 heterocycles. The summed E-state index contributed by atoms with van der Waals surface area (Å²) in [6, 6.07) is 16.2. The Balaban J connectivity index is 1.70. The normalized spacial score (nSPS) is 12.1. The van der Waals surface area contributed by atoms with Crippen molar-refractivity contribution < 1.29 is 22.7 Å². The van der Waals surface area contributed by atoms with Gasteiger partial charge in [0.15, 0.2) is 21.9 Å². The van der Waals surface area contributed by atoms with Crippen molar-refractivity contribution in [2.24, 2.45) is 0 Å². The second-order valence-electron chi connectivity index (χ2n) is 9.90. The molecule has 0 aliphatic heterocycles. The standard InChI is InChI=1S/C27H31N3O5SSi/c1-5-36(32,33)22-11-9-21(10-12-22)35-26-17-24-25(16-20(26)18-31)30(19-34-14-15-37(2,3)4)27(29-24)23-8-6-7-13-28-23/h6-13,16-18H,5,14-15,19H2,1-4H3. The number of carbonyl (C=O) groups is 1. The summed E-state index contributed by atoms with van der Waals surface area (Å²) >= 11 is 0. The summed E-state index contributed by atoms with van der Waals surface area (Å²) in [5.74, 6) is 1.39. The van der Waals surface area contributed by atoms with Crippen LogP contribution in [-0.2, 0) is 21.3 Å². The van der Waals surface area contributed by atoms with Gasteiger partial charge in [-0.2, -0.15) is 0 Å². The summed E-state index contributed by atoms with van der Waals surface area (Å²) in [7, 11) is -4.56. The fourth-order valence-corrected chi connectivity index (χ4v) is 5.35. The SMILES string of the molecule is CCS(=O)(=O)c1ccc(Oc2cc3nc(-c4ccccn4)n(COCC[Si](C)(C)C)c3cc2C=O)cc1. The van der Waals surface area contributed by atoms with Gasteiger partial charge >= 0.3 is 0 Å². The number of nitrogens with zero attached hydrogens (tertiary/aromatic N) is 3. The van der Waals surface area contributed by atoms with Crippen LogP contribution in [0.4, 0.5) is 0 Å². The van der Waals surface area contributed by atoms with Crippen LogP contribution in [0.3, 0.4) is 0 Å². The predicted molar refractivity (Wildman–Crippen MR) is 147 cm³/mol. The van der Waals surface area contributed by atoms with Crippen molar-refractivity contribution in [3.8, 4) is 23.0 Å². The van der Waals surface area contributed by atoms with E-state index in [4.69, 9.17) is 14.5 Å². The molecule has 4 aromatic rings. The zero-order chi connectivity index (χ0) is 26.6. The summed E-state index contributed by atoms with van der Waals surface area (Å²) in [6.07, 6.45) is 2.44. The second kappa shape index (κ2) is 11.0. The molecule has 10 heteroatoms. The van der Waals surface area contributed by atoms with Crippen LogP contribution in [0.15, 0.2) is 65.7 Å². The lowest BCUT2D eigenvalue weighted by Crippen LogP contribution is -2.22. The molecule has 2 aromatic carbocycles. The molecule has 194 valence electrons. The minimum absolute atomic E-state index is 0.0162. The van der Waals surface area contributed by atoms with E-state index in [2.05, 4.69) is 24.6 Å². The van der Waals surface area contributed by atoms with E-state index >= 15 is 0 Å². The third-order valence-electron chi connectivity index (χ3n) is 5.91. The van der Waals surface area contributed by atoms with E-state index in [0.29, 0.717) is 40.7 Å². The van der Waals surface area contributed by atoms with Gasteiger partial charge in [0, 0.05) is 26.9 Å². The van der Waals surface area contributed by atoms with Crippen molar-refractivity contribution in [1.82, 2.24) is 14.5 Å². The molecule has 0 N–H and O–H groups in total. The van der Waals surface area contributed by atoms with Gasteiger partial charge in [0.25, 0.3) is 0 Å². The van der Waals surface area contributed by atoms with Crippen LogP contribution in [0, 0.1) is 0 Å². The van der Waals surface area contributed by atoms with Crippen LogP contribution in [-0.4, -0.2) is 49.7 Å². The molecule has 0 saturated heterocycles. The number of carbonyl (C=O) groups excluding carboxylic acids is 1. The van der Waals surface area contributed by atoms with Gasteiger partial charge in [0.05, 0.1) is 27.2 Å². The Morgan fingerprint density at radius 3 is 2.43 bits per heavy atom. The lowest BCUT2D eigenvalue weighted by molar-refractivity contribution is 0.0908. The summed E-state index contributed by atoms with van der Waals surface area (Å²) in [4.78, 5) is 21.5. The van der Waals surface area contributed by atoms with E-state index in [1.165, 1.54) is 12.1 Å². The molecule has 2 aromatic heterocycles. The average Bonchev–Trinajstić information content (AvgIpc) is 3.23. The van der Waals surface area contributed by atoms with Crippen LogP contribution < -0.4 is 4.74 Å². The van der Waals surface area contributed by atoms with E-state index in [1.54, 1.807) is 37.4 Å². The first-order valence-electron chi connectivity index (χ1n) is 12.1. The number of hydrogen-bond donors (Lipinski definition) is 0. The number of rotatable bonds is 11. The monoisotopic (exact) mass is 537 g/mol. The van der Waals surface area contributed by atoms with Crippen molar-refractivity contribution in [3.63, 3.8) is 0 Å². The molecule has 8 nitrogen and oxygen atoms in total. The van der Waals surface area contributed by atoms with Gasteiger partial charge in [-0.15, -0.1) is 0 Å². The highest BCUT2D eigenvalue weighted by molar-refractivity contribution is 7.91. The number of sulfone groups is 1. The first-order chi connectivity index (χ1) is 17.6. The van der Waals surface area contributed by atoms with Gasteiger partial charge in [-0.3, -0.25) is 14.3 Å². The zero-order valence-electron chi connectivity index (χ0n) is 21.5. The van der Waals surface area contributed by atoms with Crippen LogP contribution in [0.25, 0.3) is 22.6 Å². The maximum absolute atomic E-state index is 12.1. The van der Waals surface area contributed by atoms with E-state index in [9.17, 15) is 13.2 Å². The van der Waals surface area contributed by atoms with Crippen LogP contribution in [0.2, 0.25) is 25.7 Å². The minimum atomic E-state index is -3.32. The van der Waals surface area contributed by atoms with Gasteiger partial charge in [-0.1, -0.05) is 32.6 Å². The third kappa shape index (κ3) is 6.33. The highest BCUT2D eigenvalue weighted by Gasteiger charge is 2.19. The van der Waals surface area contributed by atoms with Crippen molar-refractivity contribution in [2.45, 2.75) is 44.2 Å². The van der Waals surface area contributed by atoms with Crippen LogP contribution in [0.5, 0.6) is 11.5 Å². The molecule has 0 aliphatic rings. The molecule has 0 fully saturated rings. The van der Waals surface area contributed by atoms with E-state index < -0.39 is 17.9 Å². The van der Waals surface area contributed by atoms with Gasteiger partial charge < -0.3 is 9.47 Å². The van der Waals surface area contributed by atoms with E-state index in [0.717, 1.165) is 17.8 Å². The lowest BCUT2D eigenvalue weighted by Gasteiger charge is -2.16. The zero-order valence-corrected chi connectivity index (χ0v) is 23.3. The second-order valence-corrected chi connectivity index (χ2v) is 17.8. The largest absolute Gasteiger partial charge is 0.457 e. The molecule has 0 saturated carbocycles. The Morgan fingerprint density at radius 2 is 1.81 bits per heavy atom. The maximum Gasteiger partial charge on any atom is 0.178 e. The van der Waals surface area contributed by atoms with Crippen molar-refractivity contribution in [3.05, 3.63) is 66.4 Å². The number of hydrogen-bond acceptors (Lipinski definition) is 7. The van der Waals surface area contributed by atoms with Crippen molar-refractivity contribution in [2.75, 3.05) is 12.4 Å². The van der Waals surface area contributed by atoms with Gasteiger partial charge in [-0.05, 0) is 48.5 Å². The highest BCUT2D eigenvalue weighted by Crippen LogP contribution is 2.32. The summed E-state index contributed by atoms with van der Waals surface area (Å²) in [6.45, 7) is 9.42. The number of ether oxygens (including phenoxy) is 2. The van der Waals surface area contributed by atoms with Gasteiger partial charge in [0.1, 0.15) is 23.9 Å². The topological polar surface area (TPSA) is 100 Å². The number of benzene rings is 2. The molecular weight excluding hydrogens is 506 g/mol. The van der Waals surface area contributed by atoms with E-state index in [1.807, 2.05) is 22.8 Å². The summed E-state index contributed by atoms with van der Waals surface area (Å²) in [5, 5.41) is 0. The molecule has 4 rings (SSSR count). The Labute approximate surface area is 218 Å². The lowest BCUT2D eigenvalue weighted by atomic mass is 10.2. The van der Waals surface area contributed by atoms with Crippen LogP contribution >= 0.6 is 0 Å². The Morgan fingerprint density at radius 1 is 1.05 bits per heavy atom. The molecule has 37 heavy (non-hydrogen) atoms. The van der Waals surface area contributed by atoms with Crippen LogP contribution in [0.1, 0.15) is 17.3 Å². The number of aromatic nitrogens is 3. The number of pyridine rings is 1. The fourth-order valence-electron chi connectivity index (χ4n) is 3.71. The smallest absolute Gasteiger partial charge is 0.178 e. The summed E-state index contributed by atoms with van der Waals surface area (Å²) < 4.78 is 38.1. The van der Waals surface area contributed by atoms with Crippen molar-refractivity contribution in [1.29, 1.82) is 0 Å². The summed E-state index contributed by atoms with van der Waals surface area (Å²) in [5.41, 5.74) is 2.39.